The molecule has 0 heterocycles. The fourth-order valence-electron chi connectivity index (χ4n) is 2.58. The van der Waals surface area contributed by atoms with Crippen molar-refractivity contribution in [2.75, 3.05) is 0 Å². The van der Waals surface area contributed by atoms with Crippen LogP contribution in [0.4, 0.5) is 4.39 Å². The smallest absolute Gasteiger partial charge is 0.0991 e. The molecule has 1 fully saturated rings. The lowest BCUT2D eigenvalue weighted by molar-refractivity contribution is 0.373. The lowest BCUT2D eigenvalue weighted by Crippen LogP contribution is -2.11. The number of hydrogen-bond donors (Lipinski definition) is 0. The van der Waals surface area contributed by atoms with Crippen molar-refractivity contribution in [3.8, 4) is 6.07 Å². The third-order valence-electron chi connectivity index (χ3n) is 3.63. The lowest BCUT2D eigenvalue weighted by atomic mass is 9.79. The van der Waals surface area contributed by atoms with Gasteiger partial charge in [0.25, 0.3) is 0 Å². The van der Waals surface area contributed by atoms with E-state index in [9.17, 15) is 4.39 Å². The normalized spacial score (nSPS) is 24.7. The third kappa shape index (κ3) is 2.94. The molecule has 0 N–H and O–H groups in total. The Balaban J connectivity index is 1.98. The van der Waals surface area contributed by atoms with Crippen molar-refractivity contribution < 1.29 is 4.39 Å². The van der Waals surface area contributed by atoms with Crippen molar-refractivity contribution in [2.45, 2.75) is 31.6 Å². The highest BCUT2D eigenvalue weighted by molar-refractivity contribution is 5.33. The van der Waals surface area contributed by atoms with E-state index in [-0.39, 0.29) is 0 Å². The maximum absolute atomic E-state index is 12.1. The minimum absolute atomic E-state index is 0.412. The van der Waals surface area contributed by atoms with Crippen LogP contribution in [0.1, 0.15) is 42.7 Å². The number of hydrogen-bond acceptors (Lipinski definition) is 1. The Morgan fingerprint density at radius 1 is 1.12 bits per heavy atom. The molecular weight excluding hydrogens is 213 g/mol. The van der Waals surface area contributed by atoms with E-state index < -0.39 is 0 Å². The van der Waals surface area contributed by atoms with Gasteiger partial charge in [-0.05, 0) is 55.2 Å². The van der Waals surface area contributed by atoms with Crippen molar-refractivity contribution in [1.82, 2.24) is 0 Å². The average molecular weight is 229 g/mol. The molecule has 0 amide bonds. The Morgan fingerprint density at radius 2 is 1.76 bits per heavy atom. The van der Waals surface area contributed by atoms with Crippen LogP contribution in [0.5, 0.6) is 0 Å². The zero-order valence-electron chi connectivity index (χ0n) is 9.77. The maximum atomic E-state index is 12.1. The molecule has 0 aromatic heterocycles. The molecule has 0 unspecified atom stereocenters. The summed E-state index contributed by atoms with van der Waals surface area (Å²) in [7, 11) is 0. The first-order valence-corrected chi connectivity index (χ1v) is 6.10. The summed E-state index contributed by atoms with van der Waals surface area (Å²) < 4.78 is 12.1. The van der Waals surface area contributed by atoms with Crippen molar-refractivity contribution in [3.05, 3.63) is 47.8 Å². The van der Waals surface area contributed by atoms with Gasteiger partial charge < -0.3 is 0 Å². The van der Waals surface area contributed by atoms with Crippen molar-refractivity contribution >= 4 is 0 Å². The number of nitrogens with zero attached hydrogens (tertiary/aromatic N) is 1. The predicted octanol–water partition coefficient (Wildman–Crippen LogP) is 4.32. The van der Waals surface area contributed by atoms with E-state index in [0.717, 1.165) is 25.7 Å². The average Bonchev–Trinajstić information content (AvgIpc) is 2.40. The molecule has 0 radical (unpaired) electrons. The molecule has 88 valence electrons. The third-order valence-corrected chi connectivity index (χ3v) is 3.63. The minimum Gasteiger partial charge on any atom is -0.216 e. The molecule has 2 rings (SSSR count). The van der Waals surface area contributed by atoms with Crippen LogP contribution in [-0.2, 0) is 0 Å². The van der Waals surface area contributed by atoms with E-state index >= 15 is 0 Å². The first kappa shape index (κ1) is 11.9. The van der Waals surface area contributed by atoms with E-state index in [2.05, 4.69) is 18.2 Å². The van der Waals surface area contributed by atoms with E-state index in [4.69, 9.17) is 5.26 Å². The van der Waals surface area contributed by atoms with Crippen LogP contribution in [0.2, 0.25) is 0 Å². The molecule has 1 aliphatic carbocycles. The number of allylic oxidation sites excluding steroid dienone is 1. The van der Waals surface area contributed by atoms with Gasteiger partial charge in [-0.15, -0.1) is 0 Å². The van der Waals surface area contributed by atoms with E-state index in [1.165, 1.54) is 5.56 Å². The number of benzene rings is 1. The molecule has 0 aliphatic heterocycles. The second-order valence-corrected chi connectivity index (χ2v) is 4.66. The Hall–Kier alpha value is -1.62. The van der Waals surface area contributed by atoms with Gasteiger partial charge in [0.15, 0.2) is 0 Å². The largest absolute Gasteiger partial charge is 0.216 e. The van der Waals surface area contributed by atoms with Crippen LogP contribution in [0.15, 0.2) is 36.7 Å². The molecule has 1 saturated carbocycles. The van der Waals surface area contributed by atoms with E-state index in [1.807, 2.05) is 12.1 Å². The van der Waals surface area contributed by atoms with Gasteiger partial charge >= 0.3 is 0 Å². The lowest BCUT2D eigenvalue weighted by Gasteiger charge is -2.26. The molecule has 1 aromatic rings. The zero-order chi connectivity index (χ0) is 12.1. The van der Waals surface area contributed by atoms with Crippen LogP contribution in [-0.4, -0.2) is 0 Å². The quantitative estimate of drug-likeness (QED) is 0.741. The highest BCUT2D eigenvalue weighted by Gasteiger charge is 2.20. The highest BCUT2D eigenvalue weighted by Crippen LogP contribution is 2.36. The van der Waals surface area contributed by atoms with Gasteiger partial charge in [0, 0.05) is 0 Å². The molecule has 0 atom stereocenters. The predicted molar refractivity (Wildman–Crippen MR) is 66.1 cm³/mol. The summed E-state index contributed by atoms with van der Waals surface area (Å²) in [5.41, 5.74) is 2.02. The zero-order valence-corrected chi connectivity index (χ0v) is 9.77. The molecule has 17 heavy (non-hydrogen) atoms. The second-order valence-electron chi connectivity index (χ2n) is 4.66. The first-order chi connectivity index (χ1) is 8.33. The Labute approximate surface area is 102 Å². The highest BCUT2D eigenvalue weighted by atomic mass is 19.1. The van der Waals surface area contributed by atoms with Gasteiger partial charge in [-0.1, -0.05) is 18.2 Å². The summed E-state index contributed by atoms with van der Waals surface area (Å²) in [4.78, 5) is 0. The number of nitriles is 1. The summed E-state index contributed by atoms with van der Waals surface area (Å²) in [6, 6.07) is 9.99. The Kier molecular flexibility index (Phi) is 3.93. The standard InChI is InChI=1S/C15H16FN/c16-10-9-12-1-5-14(6-2-12)15-7-3-13(11-17)4-8-15/h3-4,7-10,12,14H,1-2,5-6H2/t12-,14-. The Morgan fingerprint density at radius 3 is 2.29 bits per heavy atom. The van der Waals surface area contributed by atoms with Gasteiger partial charge in [0.1, 0.15) is 0 Å². The van der Waals surface area contributed by atoms with Crippen LogP contribution >= 0.6 is 0 Å². The second kappa shape index (κ2) is 5.63. The van der Waals surface area contributed by atoms with Gasteiger partial charge in [0.2, 0.25) is 0 Å². The number of rotatable bonds is 2. The fraction of sp³-hybridized carbons (Fsp3) is 0.400. The maximum Gasteiger partial charge on any atom is 0.0991 e. The fourth-order valence-corrected chi connectivity index (χ4v) is 2.58. The van der Waals surface area contributed by atoms with Gasteiger partial charge in [-0.25, -0.2) is 4.39 Å². The molecule has 2 heteroatoms. The summed E-state index contributed by atoms with van der Waals surface area (Å²) in [6.07, 6.45) is 6.69. The monoisotopic (exact) mass is 229 g/mol. The summed E-state index contributed by atoms with van der Waals surface area (Å²) in [5.74, 6) is 0.988. The summed E-state index contributed by atoms with van der Waals surface area (Å²) in [5, 5.41) is 8.74. The van der Waals surface area contributed by atoms with Gasteiger partial charge in [-0.2, -0.15) is 5.26 Å². The van der Waals surface area contributed by atoms with Crippen LogP contribution in [0.3, 0.4) is 0 Å². The molecule has 0 spiro atoms. The topological polar surface area (TPSA) is 23.8 Å². The molecule has 1 nitrogen and oxygen atoms in total. The van der Waals surface area contributed by atoms with Crippen LogP contribution < -0.4 is 0 Å². The summed E-state index contributed by atoms with van der Waals surface area (Å²) >= 11 is 0. The van der Waals surface area contributed by atoms with E-state index in [0.29, 0.717) is 23.7 Å². The molecule has 0 saturated heterocycles. The SMILES string of the molecule is N#Cc1ccc([C@H]2CC[C@H](C=CF)CC2)cc1. The molecule has 1 aliphatic rings. The van der Waals surface area contributed by atoms with Crippen molar-refractivity contribution in [2.24, 2.45) is 5.92 Å². The van der Waals surface area contributed by atoms with Crippen LogP contribution in [0.25, 0.3) is 0 Å². The molecule has 1 aromatic carbocycles. The Bertz CT molecular complexity index is 419. The molecular formula is C15H16FN. The minimum atomic E-state index is 0.412. The van der Waals surface area contributed by atoms with Crippen molar-refractivity contribution in [3.63, 3.8) is 0 Å². The van der Waals surface area contributed by atoms with Gasteiger partial charge in [0.05, 0.1) is 18.0 Å². The molecule has 0 bridgehead atoms. The summed E-state index contributed by atoms with van der Waals surface area (Å²) in [6.45, 7) is 0. The van der Waals surface area contributed by atoms with Gasteiger partial charge in [-0.3, -0.25) is 0 Å². The first-order valence-electron chi connectivity index (χ1n) is 6.10. The van der Waals surface area contributed by atoms with Crippen molar-refractivity contribution in [1.29, 1.82) is 5.26 Å². The number of halogens is 1. The van der Waals surface area contributed by atoms with E-state index in [1.54, 1.807) is 6.08 Å². The van der Waals surface area contributed by atoms with Crippen LogP contribution in [0, 0.1) is 17.2 Å².